The van der Waals surface area contributed by atoms with Crippen LogP contribution in [0.3, 0.4) is 0 Å². The van der Waals surface area contributed by atoms with E-state index >= 15 is 0 Å². The zero-order valence-corrected chi connectivity index (χ0v) is 16.7. The molecule has 2 N–H and O–H groups in total. The van der Waals surface area contributed by atoms with Gasteiger partial charge in [-0.2, -0.15) is 0 Å². The summed E-state index contributed by atoms with van der Waals surface area (Å²) in [5.41, 5.74) is 1.76. The molecule has 6 nitrogen and oxygen atoms in total. The van der Waals surface area contributed by atoms with Crippen LogP contribution in [0, 0.1) is 12.8 Å². The lowest BCUT2D eigenvalue weighted by molar-refractivity contribution is -0.137. The van der Waals surface area contributed by atoms with Gasteiger partial charge in [0.1, 0.15) is 0 Å². The molecule has 0 spiro atoms. The largest absolute Gasteiger partial charge is 0.345 e. The minimum absolute atomic E-state index is 0.0475. The van der Waals surface area contributed by atoms with E-state index in [0.717, 1.165) is 24.8 Å². The molecule has 2 aliphatic carbocycles. The fourth-order valence-electron chi connectivity index (χ4n) is 3.89. The molecular weight excluding hydrogens is 354 g/mol. The molecule has 0 unspecified atom stereocenters. The van der Waals surface area contributed by atoms with Crippen LogP contribution in [0.2, 0.25) is 0 Å². The fraction of sp³-hybridized carbons (Fsp3) is 0.591. The molecule has 0 saturated heterocycles. The van der Waals surface area contributed by atoms with Gasteiger partial charge in [0.05, 0.1) is 13.1 Å². The molecule has 1 aromatic rings. The lowest BCUT2D eigenvalue weighted by atomic mass is 10.0. The Labute approximate surface area is 167 Å². The zero-order chi connectivity index (χ0) is 19.9. The molecule has 0 aromatic heterocycles. The average molecular weight is 386 g/mol. The molecule has 3 rings (SSSR count). The molecule has 2 fully saturated rings. The van der Waals surface area contributed by atoms with Crippen molar-refractivity contribution in [3.63, 3.8) is 0 Å². The standard InChI is InChI=1S/C22H31N3O3/c1-16-5-4-8-18(13-16)24-20(26)14-23-21(27)15-25(19-10-11-19)22(28)12-9-17-6-2-3-7-17/h4-5,8,13,17,19H,2-3,6-7,9-12,14-15H2,1H3,(H,23,27)(H,24,26). The molecule has 0 heterocycles. The minimum atomic E-state index is -0.277. The number of nitrogens with zero attached hydrogens (tertiary/aromatic N) is 1. The van der Waals surface area contributed by atoms with Crippen LogP contribution >= 0.6 is 0 Å². The van der Waals surface area contributed by atoms with Crippen LogP contribution in [0.5, 0.6) is 0 Å². The van der Waals surface area contributed by atoms with Crippen molar-refractivity contribution < 1.29 is 14.4 Å². The first-order valence-electron chi connectivity index (χ1n) is 10.4. The maximum atomic E-state index is 12.6. The summed E-state index contributed by atoms with van der Waals surface area (Å²) < 4.78 is 0. The summed E-state index contributed by atoms with van der Waals surface area (Å²) in [5, 5.41) is 5.40. The number of anilines is 1. The van der Waals surface area contributed by atoms with Gasteiger partial charge in [0.2, 0.25) is 17.7 Å². The Kier molecular flexibility index (Phi) is 7.06. The van der Waals surface area contributed by atoms with Crippen LogP contribution in [0.15, 0.2) is 24.3 Å². The summed E-state index contributed by atoms with van der Waals surface area (Å²) in [6, 6.07) is 7.70. The topological polar surface area (TPSA) is 78.5 Å². The summed E-state index contributed by atoms with van der Waals surface area (Å²) in [5.74, 6) is 0.197. The molecule has 0 atom stereocenters. The number of hydrogen-bond acceptors (Lipinski definition) is 3. The third kappa shape index (κ3) is 6.36. The SMILES string of the molecule is Cc1cccc(NC(=O)CNC(=O)CN(C(=O)CCC2CCCC2)C2CC2)c1. The van der Waals surface area contributed by atoms with Crippen LogP contribution in [0.4, 0.5) is 5.69 Å². The van der Waals surface area contributed by atoms with Gasteiger partial charge >= 0.3 is 0 Å². The van der Waals surface area contributed by atoms with Crippen LogP contribution in [-0.2, 0) is 14.4 Å². The highest BCUT2D eigenvalue weighted by Gasteiger charge is 2.33. The van der Waals surface area contributed by atoms with E-state index in [4.69, 9.17) is 0 Å². The molecule has 28 heavy (non-hydrogen) atoms. The number of carbonyl (C=O) groups excluding carboxylic acids is 3. The molecule has 0 aliphatic heterocycles. The Hall–Kier alpha value is -2.37. The summed E-state index contributed by atoms with van der Waals surface area (Å²) in [6.07, 6.45) is 8.41. The van der Waals surface area contributed by atoms with E-state index in [1.807, 2.05) is 31.2 Å². The van der Waals surface area contributed by atoms with Gasteiger partial charge in [-0.05, 0) is 49.8 Å². The Morgan fingerprint density at radius 3 is 2.50 bits per heavy atom. The van der Waals surface area contributed by atoms with E-state index in [1.165, 1.54) is 25.7 Å². The molecule has 0 radical (unpaired) electrons. The Bertz CT molecular complexity index is 709. The molecule has 2 aliphatic rings. The third-order valence-electron chi connectivity index (χ3n) is 5.61. The smallest absolute Gasteiger partial charge is 0.243 e. The van der Waals surface area contributed by atoms with Crippen molar-refractivity contribution in [1.82, 2.24) is 10.2 Å². The molecule has 3 amide bonds. The number of carbonyl (C=O) groups is 3. The van der Waals surface area contributed by atoms with Crippen LogP contribution in [0.1, 0.15) is 56.9 Å². The monoisotopic (exact) mass is 385 g/mol. The van der Waals surface area contributed by atoms with Gasteiger partial charge in [0.25, 0.3) is 0 Å². The average Bonchev–Trinajstić information content (AvgIpc) is 3.37. The predicted octanol–water partition coefficient (Wildman–Crippen LogP) is 3.01. The van der Waals surface area contributed by atoms with Gasteiger partial charge in [0, 0.05) is 18.2 Å². The maximum absolute atomic E-state index is 12.6. The van der Waals surface area contributed by atoms with Crippen molar-refractivity contribution in [2.24, 2.45) is 5.92 Å². The number of benzene rings is 1. The van der Waals surface area contributed by atoms with Crippen molar-refractivity contribution in [3.05, 3.63) is 29.8 Å². The normalized spacial score (nSPS) is 16.6. The van der Waals surface area contributed by atoms with Gasteiger partial charge in [0.15, 0.2) is 0 Å². The Morgan fingerprint density at radius 2 is 1.82 bits per heavy atom. The zero-order valence-electron chi connectivity index (χ0n) is 16.7. The first-order chi connectivity index (χ1) is 13.5. The number of amides is 3. The number of rotatable bonds is 9. The van der Waals surface area contributed by atoms with Gasteiger partial charge < -0.3 is 15.5 Å². The molecular formula is C22H31N3O3. The fourth-order valence-corrected chi connectivity index (χ4v) is 3.89. The van der Waals surface area contributed by atoms with Crippen molar-refractivity contribution in [1.29, 1.82) is 0 Å². The van der Waals surface area contributed by atoms with Crippen molar-refractivity contribution in [2.75, 3.05) is 18.4 Å². The van der Waals surface area contributed by atoms with Crippen LogP contribution in [0.25, 0.3) is 0 Å². The van der Waals surface area contributed by atoms with E-state index in [2.05, 4.69) is 10.6 Å². The Balaban J connectivity index is 1.41. The second kappa shape index (κ2) is 9.71. The highest BCUT2D eigenvalue weighted by atomic mass is 16.2. The summed E-state index contributed by atoms with van der Waals surface area (Å²) in [6.45, 7) is 1.90. The predicted molar refractivity (Wildman–Crippen MR) is 109 cm³/mol. The lowest BCUT2D eigenvalue weighted by Crippen LogP contribution is -2.43. The number of aryl methyl sites for hydroxylation is 1. The van der Waals surface area contributed by atoms with Crippen molar-refractivity contribution >= 4 is 23.4 Å². The molecule has 1 aromatic carbocycles. The second-order valence-corrected chi connectivity index (χ2v) is 8.14. The minimum Gasteiger partial charge on any atom is -0.345 e. The highest BCUT2D eigenvalue weighted by Crippen LogP contribution is 2.31. The summed E-state index contributed by atoms with van der Waals surface area (Å²) >= 11 is 0. The van der Waals surface area contributed by atoms with E-state index in [9.17, 15) is 14.4 Å². The van der Waals surface area contributed by atoms with E-state index in [0.29, 0.717) is 18.0 Å². The lowest BCUT2D eigenvalue weighted by Gasteiger charge is -2.22. The summed E-state index contributed by atoms with van der Waals surface area (Å²) in [4.78, 5) is 38.6. The van der Waals surface area contributed by atoms with Gasteiger partial charge in [-0.25, -0.2) is 0 Å². The van der Waals surface area contributed by atoms with Gasteiger partial charge in [-0.3, -0.25) is 14.4 Å². The van der Waals surface area contributed by atoms with E-state index in [-0.39, 0.29) is 36.9 Å². The third-order valence-corrected chi connectivity index (χ3v) is 5.61. The molecule has 152 valence electrons. The van der Waals surface area contributed by atoms with Gasteiger partial charge in [-0.1, -0.05) is 37.8 Å². The maximum Gasteiger partial charge on any atom is 0.243 e. The van der Waals surface area contributed by atoms with Crippen molar-refractivity contribution in [3.8, 4) is 0 Å². The Morgan fingerprint density at radius 1 is 1.07 bits per heavy atom. The molecule has 2 saturated carbocycles. The molecule has 6 heteroatoms. The van der Waals surface area contributed by atoms with Crippen molar-refractivity contribution in [2.45, 2.75) is 64.3 Å². The van der Waals surface area contributed by atoms with Crippen LogP contribution < -0.4 is 10.6 Å². The van der Waals surface area contributed by atoms with Gasteiger partial charge in [-0.15, -0.1) is 0 Å². The number of hydrogen-bond donors (Lipinski definition) is 2. The first-order valence-corrected chi connectivity index (χ1v) is 10.4. The second-order valence-electron chi connectivity index (χ2n) is 8.14. The van der Waals surface area contributed by atoms with Crippen LogP contribution in [-0.4, -0.2) is 41.8 Å². The molecule has 0 bridgehead atoms. The first kappa shape index (κ1) is 20.4. The van der Waals surface area contributed by atoms with E-state index in [1.54, 1.807) is 4.90 Å². The summed E-state index contributed by atoms with van der Waals surface area (Å²) in [7, 11) is 0. The number of nitrogens with one attached hydrogen (secondary N) is 2. The quantitative estimate of drug-likeness (QED) is 0.686. The highest BCUT2D eigenvalue weighted by molar-refractivity contribution is 5.95. The van der Waals surface area contributed by atoms with E-state index < -0.39 is 0 Å².